The fraction of sp³-hybridized carbons (Fsp3) is 0.500. The van der Waals surface area contributed by atoms with Crippen molar-refractivity contribution in [2.75, 3.05) is 34.3 Å². The molecule has 2 N–H and O–H groups in total. The third-order valence-electron chi connectivity index (χ3n) is 2.78. The Labute approximate surface area is 114 Å². The number of carboxylic acids is 1. The van der Waals surface area contributed by atoms with E-state index in [9.17, 15) is 9.90 Å². The minimum absolute atomic E-state index is 0.534. The average Bonchev–Trinajstić information content (AvgIpc) is 2.35. The van der Waals surface area contributed by atoms with E-state index in [0.29, 0.717) is 13.2 Å². The molecule has 106 valence electrons. The maximum Gasteiger partial charge on any atom is 0.325 e. The molecule has 1 aromatic carbocycles. The Kier molecular flexibility index (Phi) is 6.49. The van der Waals surface area contributed by atoms with Gasteiger partial charge in [0, 0.05) is 20.2 Å². The number of hydrogen-bond acceptors (Lipinski definition) is 4. The summed E-state index contributed by atoms with van der Waals surface area (Å²) in [5.74, 6) is -0.863. The molecule has 0 amide bonds. The summed E-state index contributed by atoms with van der Waals surface area (Å²) in [6, 6.07) is 6.77. The number of hydrogen-bond donors (Lipinski definition) is 2. The van der Waals surface area contributed by atoms with Crippen LogP contribution in [0.5, 0.6) is 0 Å². The number of benzene rings is 1. The van der Waals surface area contributed by atoms with Crippen molar-refractivity contribution in [2.45, 2.75) is 12.6 Å². The van der Waals surface area contributed by atoms with Crippen LogP contribution in [-0.4, -0.2) is 50.3 Å². The summed E-state index contributed by atoms with van der Waals surface area (Å²) in [6.07, 6.45) is 0. The average molecular weight is 266 g/mol. The Morgan fingerprint density at radius 2 is 2.00 bits per heavy atom. The van der Waals surface area contributed by atoms with Gasteiger partial charge in [0.1, 0.15) is 6.04 Å². The summed E-state index contributed by atoms with van der Waals surface area (Å²) in [6.45, 7) is 1.96. The van der Waals surface area contributed by atoms with Crippen LogP contribution >= 0.6 is 0 Å². The Morgan fingerprint density at radius 3 is 2.47 bits per heavy atom. The molecule has 0 aliphatic heterocycles. The predicted octanol–water partition coefficient (Wildman–Crippen LogP) is 1.11. The quantitative estimate of drug-likeness (QED) is 0.738. The van der Waals surface area contributed by atoms with Crippen LogP contribution in [0.1, 0.15) is 17.2 Å². The first-order valence-corrected chi connectivity index (χ1v) is 6.23. The molecular weight excluding hydrogens is 244 g/mol. The van der Waals surface area contributed by atoms with Crippen molar-refractivity contribution in [3.8, 4) is 0 Å². The molecule has 0 heterocycles. The summed E-state index contributed by atoms with van der Waals surface area (Å²) in [7, 11) is 5.55. The summed E-state index contributed by atoms with van der Waals surface area (Å²) < 4.78 is 5.03. The van der Waals surface area contributed by atoms with Crippen LogP contribution in [0.25, 0.3) is 0 Å². The summed E-state index contributed by atoms with van der Waals surface area (Å²) in [4.78, 5) is 13.3. The fourth-order valence-corrected chi connectivity index (χ4v) is 1.75. The monoisotopic (exact) mass is 266 g/mol. The number of carbonyl (C=O) groups is 1. The van der Waals surface area contributed by atoms with Crippen LogP contribution in [0.4, 0.5) is 0 Å². The maximum absolute atomic E-state index is 11.3. The summed E-state index contributed by atoms with van der Waals surface area (Å²) in [5.41, 5.74) is 1.79. The van der Waals surface area contributed by atoms with E-state index in [2.05, 4.69) is 5.32 Å². The molecule has 0 spiro atoms. The van der Waals surface area contributed by atoms with E-state index in [1.807, 2.05) is 43.3 Å². The van der Waals surface area contributed by atoms with Gasteiger partial charge in [0.2, 0.25) is 0 Å². The Morgan fingerprint density at radius 1 is 1.37 bits per heavy atom. The van der Waals surface area contributed by atoms with Gasteiger partial charge in [-0.15, -0.1) is 0 Å². The first-order chi connectivity index (χ1) is 9.04. The number of carboxylic acid groups (broad SMARTS) is 1. The zero-order valence-electron chi connectivity index (χ0n) is 11.7. The van der Waals surface area contributed by atoms with Crippen LogP contribution in [0.15, 0.2) is 24.3 Å². The molecule has 0 aliphatic rings. The number of likely N-dealkylation sites (N-methyl/N-ethyl adjacent to an activating group) is 1. The van der Waals surface area contributed by atoms with Crippen LogP contribution in [-0.2, 0) is 16.1 Å². The molecule has 0 bridgehead atoms. The van der Waals surface area contributed by atoms with Crippen LogP contribution < -0.4 is 5.32 Å². The van der Waals surface area contributed by atoms with Gasteiger partial charge in [-0.25, -0.2) is 0 Å². The molecular formula is C14H22N2O3. The Bertz CT molecular complexity index is 390. The van der Waals surface area contributed by atoms with Gasteiger partial charge in [-0.3, -0.25) is 10.1 Å². The number of rotatable bonds is 8. The lowest BCUT2D eigenvalue weighted by atomic mass is 10.1. The van der Waals surface area contributed by atoms with E-state index in [1.165, 1.54) is 0 Å². The van der Waals surface area contributed by atoms with Crippen molar-refractivity contribution in [3.63, 3.8) is 0 Å². The largest absolute Gasteiger partial charge is 0.480 e. The van der Waals surface area contributed by atoms with Crippen molar-refractivity contribution in [2.24, 2.45) is 0 Å². The summed E-state index contributed by atoms with van der Waals surface area (Å²) in [5, 5.41) is 12.3. The first-order valence-electron chi connectivity index (χ1n) is 6.23. The van der Waals surface area contributed by atoms with Crippen molar-refractivity contribution < 1.29 is 14.6 Å². The number of nitrogens with one attached hydrogen (secondary N) is 1. The SMILES string of the molecule is COCc1ccc(C(NCCN(C)C)C(=O)O)cc1. The lowest BCUT2D eigenvalue weighted by Gasteiger charge is -2.17. The van der Waals surface area contributed by atoms with Gasteiger partial charge in [-0.1, -0.05) is 24.3 Å². The standard InChI is InChI=1S/C14H22N2O3/c1-16(2)9-8-15-13(14(17)18)12-6-4-11(5-7-12)10-19-3/h4-7,13,15H,8-10H2,1-3H3,(H,17,18). The molecule has 0 fully saturated rings. The van der Waals surface area contributed by atoms with E-state index in [0.717, 1.165) is 17.7 Å². The lowest BCUT2D eigenvalue weighted by Crippen LogP contribution is -2.33. The molecule has 5 nitrogen and oxygen atoms in total. The number of aliphatic carboxylic acids is 1. The van der Waals surface area contributed by atoms with Crippen molar-refractivity contribution >= 4 is 5.97 Å². The molecule has 5 heteroatoms. The van der Waals surface area contributed by atoms with Gasteiger partial charge in [0.05, 0.1) is 6.61 Å². The topological polar surface area (TPSA) is 61.8 Å². The number of ether oxygens (including phenoxy) is 1. The first kappa shape index (κ1) is 15.6. The predicted molar refractivity (Wildman–Crippen MR) is 74.1 cm³/mol. The normalized spacial score (nSPS) is 12.6. The molecule has 0 radical (unpaired) electrons. The van der Waals surface area contributed by atoms with Gasteiger partial charge in [-0.05, 0) is 25.2 Å². The lowest BCUT2D eigenvalue weighted by molar-refractivity contribution is -0.139. The molecule has 19 heavy (non-hydrogen) atoms. The van der Waals surface area contributed by atoms with Gasteiger partial charge < -0.3 is 14.7 Å². The molecule has 1 unspecified atom stereocenters. The molecule has 0 saturated carbocycles. The molecule has 0 saturated heterocycles. The highest BCUT2D eigenvalue weighted by atomic mass is 16.5. The van der Waals surface area contributed by atoms with Crippen LogP contribution in [0.2, 0.25) is 0 Å². The van der Waals surface area contributed by atoms with Crippen molar-refractivity contribution in [3.05, 3.63) is 35.4 Å². The van der Waals surface area contributed by atoms with Gasteiger partial charge >= 0.3 is 5.97 Å². The zero-order valence-corrected chi connectivity index (χ0v) is 11.7. The van der Waals surface area contributed by atoms with Crippen molar-refractivity contribution in [1.82, 2.24) is 10.2 Å². The Balaban J connectivity index is 2.67. The molecule has 1 rings (SSSR count). The highest BCUT2D eigenvalue weighted by Crippen LogP contribution is 2.14. The van der Waals surface area contributed by atoms with Gasteiger partial charge in [0.25, 0.3) is 0 Å². The van der Waals surface area contributed by atoms with Gasteiger partial charge in [0.15, 0.2) is 0 Å². The molecule has 0 aromatic heterocycles. The maximum atomic E-state index is 11.3. The van der Waals surface area contributed by atoms with Crippen LogP contribution in [0.3, 0.4) is 0 Å². The molecule has 1 aromatic rings. The van der Waals surface area contributed by atoms with E-state index < -0.39 is 12.0 Å². The molecule has 1 atom stereocenters. The van der Waals surface area contributed by atoms with Crippen LogP contribution in [0, 0.1) is 0 Å². The van der Waals surface area contributed by atoms with E-state index in [-0.39, 0.29) is 0 Å². The minimum atomic E-state index is -0.863. The second-order valence-electron chi connectivity index (χ2n) is 4.70. The van der Waals surface area contributed by atoms with E-state index in [1.54, 1.807) is 7.11 Å². The van der Waals surface area contributed by atoms with Crippen molar-refractivity contribution in [1.29, 1.82) is 0 Å². The highest BCUT2D eigenvalue weighted by Gasteiger charge is 2.18. The Hall–Kier alpha value is -1.43. The zero-order chi connectivity index (χ0) is 14.3. The van der Waals surface area contributed by atoms with Gasteiger partial charge in [-0.2, -0.15) is 0 Å². The summed E-state index contributed by atoms with van der Waals surface area (Å²) >= 11 is 0. The molecule has 0 aliphatic carbocycles. The second kappa shape index (κ2) is 7.89. The third kappa shape index (κ3) is 5.38. The fourth-order valence-electron chi connectivity index (χ4n) is 1.75. The smallest absolute Gasteiger partial charge is 0.325 e. The minimum Gasteiger partial charge on any atom is -0.480 e. The second-order valence-corrected chi connectivity index (χ2v) is 4.70. The third-order valence-corrected chi connectivity index (χ3v) is 2.78. The van der Waals surface area contributed by atoms with E-state index in [4.69, 9.17) is 4.74 Å². The number of nitrogens with zero attached hydrogens (tertiary/aromatic N) is 1. The van der Waals surface area contributed by atoms with E-state index >= 15 is 0 Å². The number of methoxy groups -OCH3 is 1. The highest BCUT2D eigenvalue weighted by molar-refractivity contribution is 5.75.